The molecule has 0 bridgehead atoms. The van der Waals surface area contributed by atoms with E-state index in [1.54, 1.807) is 12.1 Å². The highest BCUT2D eigenvalue weighted by Crippen LogP contribution is 2.32. The van der Waals surface area contributed by atoms with Gasteiger partial charge in [0, 0.05) is 19.6 Å². The largest absolute Gasteiger partial charge is 0.416 e. The van der Waals surface area contributed by atoms with Crippen molar-refractivity contribution < 1.29 is 18.0 Å². The molecule has 1 aliphatic rings. The van der Waals surface area contributed by atoms with Gasteiger partial charge in [-0.25, -0.2) is 9.67 Å². The Morgan fingerprint density at radius 1 is 1.26 bits per heavy atom. The molecular formula is C21H20F3N5OS. The molecule has 162 valence electrons. The molecule has 0 saturated heterocycles. The number of carbonyl (C=O) groups is 1. The molecule has 4 rings (SSSR count). The van der Waals surface area contributed by atoms with Crippen molar-refractivity contribution in [3.05, 3.63) is 64.8 Å². The fourth-order valence-electron chi connectivity index (χ4n) is 3.21. The van der Waals surface area contributed by atoms with Crippen LogP contribution in [0.3, 0.4) is 0 Å². The van der Waals surface area contributed by atoms with Crippen LogP contribution in [0.4, 0.5) is 13.2 Å². The van der Waals surface area contributed by atoms with E-state index in [2.05, 4.69) is 26.4 Å². The summed E-state index contributed by atoms with van der Waals surface area (Å²) < 4.78 is 40.8. The minimum atomic E-state index is -4.48. The summed E-state index contributed by atoms with van der Waals surface area (Å²) in [4.78, 5) is 19.9. The van der Waals surface area contributed by atoms with Crippen molar-refractivity contribution in [2.75, 3.05) is 26.7 Å². The average Bonchev–Trinajstić information content (AvgIpc) is 3.42. The highest BCUT2D eigenvalue weighted by atomic mass is 32.1. The van der Waals surface area contributed by atoms with Crippen LogP contribution in [-0.4, -0.2) is 52.3 Å². The number of aromatic nitrogens is 3. The van der Waals surface area contributed by atoms with Gasteiger partial charge >= 0.3 is 6.18 Å². The van der Waals surface area contributed by atoms with E-state index in [1.165, 1.54) is 28.2 Å². The van der Waals surface area contributed by atoms with Crippen molar-refractivity contribution in [1.82, 2.24) is 25.0 Å². The van der Waals surface area contributed by atoms with Crippen LogP contribution in [-0.2, 0) is 6.18 Å². The first-order valence-corrected chi connectivity index (χ1v) is 10.5. The van der Waals surface area contributed by atoms with E-state index in [4.69, 9.17) is 0 Å². The van der Waals surface area contributed by atoms with E-state index in [9.17, 15) is 18.0 Å². The first kappa shape index (κ1) is 21.3. The number of hydrogen-bond donors (Lipinski definition) is 1. The van der Waals surface area contributed by atoms with Crippen molar-refractivity contribution in [3.63, 3.8) is 0 Å². The van der Waals surface area contributed by atoms with Crippen LogP contribution in [0, 0.1) is 0 Å². The first-order chi connectivity index (χ1) is 14.8. The minimum Gasteiger partial charge on any atom is -0.346 e. The molecule has 0 radical (unpaired) electrons. The Labute approximate surface area is 181 Å². The Morgan fingerprint density at radius 2 is 2.10 bits per heavy atom. The summed E-state index contributed by atoms with van der Waals surface area (Å²) in [5.74, 6) is -0.240. The van der Waals surface area contributed by atoms with Crippen LogP contribution in [0.2, 0.25) is 0 Å². The lowest BCUT2D eigenvalue weighted by Crippen LogP contribution is -2.31. The van der Waals surface area contributed by atoms with Crippen LogP contribution in [0.1, 0.15) is 22.6 Å². The Bertz CT molecular complexity index is 1100. The Balaban J connectivity index is 1.63. The number of halogens is 3. The predicted octanol–water partition coefficient (Wildman–Crippen LogP) is 4.01. The summed E-state index contributed by atoms with van der Waals surface area (Å²) in [5, 5.41) is 8.88. The summed E-state index contributed by atoms with van der Waals surface area (Å²) in [5.41, 5.74) is 0.517. The zero-order valence-corrected chi connectivity index (χ0v) is 17.5. The summed E-state index contributed by atoms with van der Waals surface area (Å²) >= 11 is 1.36. The van der Waals surface area contributed by atoms with E-state index in [0.29, 0.717) is 17.2 Å². The molecule has 0 fully saturated rings. The second kappa shape index (κ2) is 8.64. The van der Waals surface area contributed by atoms with Gasteiger partial charge in [-0.3, -0.25) is 4.79 Å². The number of likely N-dealkylation sites (N-methyl/N-ethyl adjacent to an activating group) is 1. The van der Waals surface area contributed by atoms with Gasteiger partial charge in [0.15, 0.2) is 5.82 Å². The maximum Gasteiger partial charge on any atom is 0.416 e. The fourth-order valence-corrected chi connectivity index (χ4v) is 3.91. The lowest BCUT2D eigenvalue weighted by atomic mass is 10.1. The molecule has 1 aliphatic heterocycles. The van der Waals surface area contributed by atoms with Crippen LogP contribution >= 0.6 is 11.3 Å². The molecule has 0 spiro atoms. The third kappa shape index (κ3) is 4.86. The molecule has 0 saturated carbocycles. The van der Waals surface area contributed by atoms with Gasteiger partial charge in [-0.1, -0.05) is 23.8 Å². The maximum atomic E-state index is 13.2. The normalized spacial score (nSPS) is 15.0. The molecule has 1 aromatic carbocycles. The molecule has 1 amide bonds. The second-order valence-electron chi connectivity index (χ2n) is 7.25. The molecule has 3 heterocycles. The van der Waals surface area contributed by atoms with Crippen LogP contribution in [0.25, 0.3) is 16.4 Å². The highest BCUT2D eigenvalue weighted by Gasteiger charge is 2.31. The summed E-state index contributed by atoms with van der Waals surface area (Å²) in [6, 6.07) is 8.39. The van der Waals surface area contributed by atoms with Gasteiger partial charge in [0.25, 0.3) is 5.91 Å². The molecule has 0 atom stereocenters. The van der Waals surface area contributed by atoms with E-state index >= 15 is 0 Å². The zero-order chi connectivity index (χ0) is 22.0. The van der Waals surface area contributed by atoms with Crippen molar-refractivity contribution in [2.45, 2.75) is 12.6 Å². The van der Waals surface area contributed by atoms with Crippen LogP contribution < -0.4 is 5.32 Å². The van der Waals surface area contributed by atoms with E-state index in [1.807, 2.05) is 12.4 Å². The number of benzene rings is 1. The molecule has 3 aromatic rings. The average molecular weight is 447 g/mol. The topological polar surface area (TPSA) is 63.1 Å². The lowest BCUT2D eigenvalue weighted by molar-refractivity contribution is -0.137. The number of alkyl halides is 3. The number of amides is 1. The molecular weight excluding hydrogens is 427 g/mol. The fraction of sp³-hybridized carbons (Fsp3) is 0.286. The molecule has 0 unspecified atom stereocenters. The second-order valence-corrected chi connectivity index (χ2v) is 8.20. The molecule has 31 heavy (non-hydrogen) atoms. The van der Waals surface area contributed by atoms with Crippen LogP contribution in [0.15, 0.2) is 53.4 Å². The van der Waals surface area contributed by atoms with Crippen LogP contribution in [0.5, 0.6) is 0 Å². The number of thiophene rings is 1. The Kier molecular flexibility index (Phi) is 5.92. The van der Waals surface area contributed by atoms with Gasteiger partial charge in [-0.05, 0) is 43.1 Å². The third-order valence-corrected chi connectivity index (χ3v) is 5.82. The summed E-state index contributed by atoms with van der Waals surface area (Å²) in [6.07, 6.45) is -1.54. The van der Waals surface area contributed by atoms with Gasteiger partial charge in [0.2, 0.25) is 5.82 Å². The number of rotatable bonds is 5. The van der Waals surface area contributed by atoms with E-state index in [0.717, 1.165) is 37.2 Å². The predicted molar refractivity (Wildman–Crippen MR) is 112 cm³/mol. The number of nitrogens with zero attached hydrogens (tertiary/aromatic N) is 4. The third-order valence-electron chi connectivity index (χ3n) is 4.95. The van der Waals surface area contributed by atoms with Gasteiger partial charge in [-0.2, -0.15) is 13.2 Å². The quantitative estimate of drug-likeness (QED) is 0.601. The van der Waals surface area contributed by atoms with Gasteiger partial charge in [0.1, 0.15) is 0 Å². The van der Waals surface area contributed by atoms with Crippen molar-refractivity contribution >= 4 is 17.2 Å². The van der Waals surface area contributed by atoms with E-state index in [-0.39, 0.29) is 11.5 Å². The van der Waals surface area contributed by atoms with Crippen molar-refractivity contribution in [3.8, 4) is 16.4 Å². The molecule has 1 N–H and O–H groups in total. The van der Waals surface area contributed by atoms with Gasteiger partial charge in [0.05, 0.1) is 16.1 Å². The van der Waals surface area contributed by atoms with Gasteiger partial charge in [-0.15, -0.1) is 16.4 Å². The lowest BCUT2D eigenvalue weighted by Gasteiger charge is -2.21. The minimum absolute atomic E-state index is 0.0886. The zero-order valence-electron chi connectivity index (χ0n) is 16.7. The first-order valence-electron chi connectivity index (χ1n) is 9.64. The maximum absolute atomic E-state index is 13.2. The summed E-state index contributed by atoms with van der Waals surface area (Å²) in [7, 11) is 2.03. The molecule has 2 aromatic heterocycles. The SMILES string of the molecule is CN1CC=C(CNC(=O)c2nc(-c3cccs3)n(-c3cccc(C(F)(F)F)c3)n2)CC1. The number of carbonyl (C=O) groups excluding carboxylic acids is 1. The Morgan fingerprint density at radius 3 is 2.77 bits per heavy atom. The molecule has 0 aliphatic carbocycles. The smallest absolute Gasteiger partial charge is 0.346 e. The standard InChI is InChI=1S/C21H20F3N5OS/c1-28-9-7-14(8-10-28)13-25-20(30)18-26-19(17-6-3-11-31-17)29(27-18)16-5-2-4-15(12-16)21(22,23)24/h2-7,11-12H,8-10,13H2,1H3,(H,25,30). The Hall–Kier alpha value is -2.98. The van der Waals surface area contributed by atoms with E-state index < -0.39 is 17.6 Å². The highest BCUT2D eigenvalue weighted by molar-refractivity contribution is 7.13. The number of nitrogens with one attached hydrogen (secondary N) is 1. The molecule has 6 nitrogen and oxygen atoms in total. The van der Waals surface area contributed by atoms with Gasteiger partial charge < -0.3 is 10.2 Å². The summed E-state index contributed by atoms with van der Waals surface area (Å²) in [6.45, 7) is 2.14. The van der Waals surface area contributed by atoms with Crippen molar-refractivity contribution in [1.29, 1.82) is 0 Å². The number of hydrogen-bond acceptors (Lipinski definition) is 5. The van der Waals surface area contributed by atoms with Crippen molar-refractivity contribution in [2.24, 2.45) is 0 Å². The monoisotopic (exact) mass is 447 g/mol. The molecule has 10 heteroatoms.